The molecule has 0 unspecified atom stereocenters. The summed E-state index contributed by atoms with van der Waals surface area (Å²) in [6.07, 6.45) is 1.42. The molecule has 4 nitrogen and oxygen atoms in total. The Morgan fingerprint density at radius 3 is 2.63 bits per heavy atom. The molecule has 0 amide bonds. The highest BCUT2D eigenvalue weighted by molar-refractivity contribution is 5.66. The lowest BCUT2D eigenvalue weighted by Crippen LogP contribution is -2.05. The van der Waals surface area contributed by atoms with Crippen LogP contribution in [0, 0.1) is 6.92 Å². The number of hydrogen-bond acceptors (Lipinski definition) is 2. The highest BCUT2D eigenvalue weighted by Crippen LogP contribution is 2.15. The van der Waals surface area contributed by atoms with Gasteiger partial charge in [-0.15, -0.1) is 0 Å². The number of rotatable bonds is 5. The fourth-order valence-electron chi connectivity index (χ4n) is 2.21. The van der Waals surface area contributed by atoms with Gasteiger partial charge < -0.3 is 9.67 Å². The van der Waals surface area contributed by atoms with Gasteiger partial charge in [0.25, 0.3) is 0 Å². The Balaban J connectivity index is 2.19. The van der Waals surface area contributed by atoms with Crippen molar-refractivity contribution < 1.29 is 9.90 Å². The molecule has 1 aromatic carbocycles. The second-order valence-electron chi connectivity index (χ2n) is 4.68. The molecule has 100 valence electrons. The van der Waals surface area contributed by atoms with Crippen molar-refractivity contribution in [2.24, 2.45) is 7.05 Å². The first-order valence-corrected chi connectivity index (χ1v) is 6.34. The molecule has 1 aromatic heterocycles. The Morgan fingerprint density at radius 1 is 1.32 bits per heavy atom. The van der Waals surface area contributed by atoms with Gasteiger partial charge in [0.1, 0.15) is 5.82 Å². The molecule has 0 fully saturated rings. The standard InChI is InChI=1S/C15H18N2O2/c1-11-13(10-12-6-4-3-5-7-12)17(2)14(16-11)8-9-15(18)19/h3-7H,8-10H2,1-2H3,(H,18,19). The number of hydrogen-bond donors (Lipinski definition) is 1. The number of nitrogens with zero attached hydrogens (tertiary/aromatic N) is 2. The van der Waals surface area contributed by atoms with Gasteiger partial charge >= 0.3 is 5.97 Å². The number of benzene rings is 1. The quantitative estimate of drug-likeness (QED) is 0.895. The molecule has 0 bridgehead atoms. The highest BCUT2D eigenvalue weighted by Gasteiger charge is 2.12. The number of carbonyl (C=O) groups is 1. The monoisotopic (exact) mass is 258 g/mol. The van der Waals surface area contributed by atoms with Crippen LogP contribution >= 0.6 is 0 Å². The lowest BCUT2D eigenvalue weighted by atomic mass is 10.1. The summed E-state index contributed by atoms with van der Waals surface area (Å²) in [5.74, 6) is 0.0519. The zero-order chi connectivity index (χ0) is 13.8. The number of aliphatic carboxylic acids is 1. The van der Waals surface area contributed by atoms with E-state index in [1.165, 1.54) is 5.56 Å². The van der Waals surface area contributed by atoms with E-state index >= 15 is 0 Å². The minimum Gasteiger partial charge on any atom is -0.481 e. The predicted molar refractivity (Wildman–Crippen MR) is 73.1 cm³/mol. The van der Waals surface area contributed by atoms with Crippen LogP contribution in [0.2, 0.25) is 0 Å². The highest BCUT2D eigenvalue weighted by atomic mass is 16.4. The van der Waals surface area contributed by atoms with E-state index in [9.17, 15) is 4.79 Å². The fourth-order valence-corrected chi connectivity index (χ4v) is 2.21. The zero-order valence-electron chi connectivity index (χ0n) is 11.3. The molecule has 2 rings (SSSR count). The summed E-state index contributed by atoms with van der Waals surface area (Å²) in [5.41, 5.74) is 3.36. The molecule has 0 aliphatic rings. The third-order valence-electron chi connectivity index (χ3n) is 3.28. The number of carboxylic acids is 1. The van der Waals surface area contributed by atoms with E-state index in [2.05, 4.69) is 17.1 Å². The van der Waals surface area contributed by atoms with Gasteiger partial charge in [0.05, 0.1) is 12.1 Å². The summed E-state index contributed by atoms with van der Waals surface area (Å²) in [4.78, 5) is 15.1. The lowest BCUT2D eigenvalue weighted by Gasteiger charge is -2.06. The first kappa shape index (κ1) is 13.3. The summed E-state index contributed by atoms with van der Waals surface area (Å²) in [7, 11) is 1.95. The summed E-state index contributed by atoms with van der Waals surface area (Å²) in [6, 6.07) is 10.2. The fraction of sp³-hybridized carbons (Fsp3) is 0.333. The molecule has 0 aliphatic heterocycles. The van der Waals surface area contributed by atoms with Crippen molar-refractivity contribution in [1.82, 2.24) is 9.55 Å². The van der Waals surface area contributed by atoms with Crippen LogP contribution < -0.4 is 0 Å². The second-order valence-corrected chi connectivity index (χ2v) is 4.68. The second kappa shape index (κ2) is 5.69. The minimum absolute atomic E-state index is 0.120. The summed E-state index contributed by atoms with van der Waals surface area (Å²) in [5, 5.41) is 8.74. The van der Waals surface area contributed by atoms with E-state index < -0.39 is 5.97 Å². The van der Waals surface area contributed by atoms with Gasteiger partial charge in [-0.1, -0.05) is 30.3 Å². The maximum absolute atomic E-state index is 10.6. The van der Waals surface area contributed by atoms with Gasteiger partial charge in [-0.05, 0) is 12.5 Å². The van der Waals surface area contributed by atoms with Crippen molar-refractivity contribution in [3.63, 3.8) is 0 Å². The molecular weight excluding hydrogens is 240 g/mol. The van der Waals surface area contributed by atoms with Gasteiger partial charge in [-0.2, -0.15) is 0 Å². The summed E-state index contributed by atoms with van der Waals surface area (Å²) < 4.78 is 2.02. The van der Waals surface area contributed by atoms with E-state index in [1.807, 2.05) is 36.7 Å². The van der Waals surface area contributed by atoms with Gasteiger partial charge in [-0.25, -0.2) is 4.98 Å². The van der Waals surface area contributed by atoms with Gasteiger partial charge in [0.15, 0.2) is 0 Å². The minimum atomic E-state index is -0.787. The maximum atomic E-state index is 10.6. The summed E-state index contributed by atoms with van der Waals surface area (Å²) >= 11 is 0. The average Bonchev–Trinajstić information content (AvgIpc) is 2.65. The van der Waals surface area contributed by atoms with Crippen LogP contribution in [0.4, 0.5) is 0 Å². The Labute approximate surface area is 112 Å². The molecule has 1 N–H and O–H groups in total. The lowest BCUT2D eigenvalue weighted by molar-refractivity contribution is -0.137. The van der Waals surface area contributed by atoms with E-state index in [-0.39, 0.29) is 6.42 Å². The molecule has 0 saturated heterocycles. The zero-order valence-corrected chi connectivity index (χ0v) is 11.3. The van der Waals surface area contributed by atoms with E-state index in [1.54, 1.807) is 0 Å². The first-order chi connectivity index (χ1) is 9.08. The molecule has 0 spiro atoms. The third-order valence-corrected chi connectivity index (χ3v) is 3.28. The Kier molecular flexibility index (Phi) is 4.00. The molecule has 4 heteroatoms. The van der Waals surface area contributed by atoms with E-state index in [0.717, 1.165) is 23.6 Å². The molecule has 2 aromatic rings. The third kappa shape index (κ3) is 3.22. The number of aryl methyl sites for hydroxylation is 2. The van der Waals surface area contributed by atoms with E-state index in [4.69, 9.17) is 5.11 Å². The smallest absolute Gasteiger partial charge is 0.303 e. The van der Waals surface area contributed by atoms with Crippen LogP contribution in [-0.4, -0.2) is 20.6 Å². The first-order valence-electron chi connectivity index (χ1n) is 6.34. The van der Waals surface area contributed by atoms with Gasteiger partial charge in [-0.3, -0.25) is 4.79 Å². The number of aromatic nitrogens is 2. The normalized spacial score (nSPS) is 10.6. The Hall–Kier alpha value is -2.10. The molecule has 0 aliphatic carbocycles. The van der Waals surface area contributed by atoms with Crippen LogP contribution in [0.1, 0.15) is 29.2 Å². The molecule has 0 atom stereocenters. The largest absolute Gasteiger partial charge is 0.481 e. The summed E-state index contributed by atoms with van der Waals surface area (Å²) in [6.45, 7) is 1.97. The molecule has 0 saturated carbocycles. The average molecular weight is 258 g/mol. The molecule has 1 heterocycles. The van der Waals surface area contributed by atoms with Crippen LogP contribution in [0.15, 0.2) is 30.3 Å². The van der Waals surface area contributed by atoms with Crippen molar-refractivity contribution >= 4 is 5.97 Å². The number of carboxylic acid groups (broad SMARTS) is 1. The van der Waals surface area contributed by atoms with Gasteiger partial charge in [0, 0.05) is 25.6 Å². The predicted octanol–water partition coefficient (Wildman–Crippen LogP) is 2.34. The van der Waals surface area contributed by atoms with Crippen molar-refractivity contribution in [2.45, 2.75) is 26.2 Å². The van der Waals surface area contributed by atoms with Crippen molar-refractivity contribution in [3.05, 3.63) is 53.1 Å². The van der Waals surface area contributed by atoms with Crippen LogP contribution in [0.5, 0.6) is 0 Å². The molecule has 19 heavy (non-hydrogen) atoms. The van der Waals surface area contributed by atoms with Crippen molar-refractivity contribution in [1.29, 1.82) is 0 Å². The van der Waals surface area contributed by atoms with Crippen LogP contribution in [0.3, 0.4) is 0 Å². The van der Waals surface area contributed by atoms with Crippen molar-refractivity contribution in [2.75, 3.05) is 0 Å². The Bertz CT molecular complexity index is 573. The maximum Gasteiger partial charge on any atom is 0.303 e. The number of imidazole rings is 1. The van der Waals surface area contributed by atoms with Crippen LogP contribution in [0.25, 0.3) is 0 Å². The van der Waals surface area contributed by atoms with Gasteiger partial charge in [0.2, 0.25) is 0 Å². The topological polar surface area (TPSA) is 55.1 Å². The SMILES string of the molecule is Cc1nc(CCC(=O)O)n(C)c1Cc1ccccc1. The van der Waals surface area contributed by atoms with Crippen LogP contribution in [-0.2, 0) is 24.7 Å². The Morgan fingerprint density at radius 2 is 2.00 bits per heavy atom. The molecule has 0 radical (unpaired) electrons. The van der Waals surface area contributed by atoms with E-state index in [0.29, 0.717) is 6.42 Å². The van der Waals surface area contributed by atoms with Crippen molar-refractivity contribution in [3.8, 4) is 0 Å². The molecular formula is C15H18N2O2.